The van der Waals surface area contributed by atoms with E-state index >= 15 is 0 Å². The van der Waals surface area contributed by atoms with Gasteiger partial charge in [0.05, 0.1) is 0 Å². The first-order valence-corrected chi connectivity index (χ1v) is 10.8. The summed E-state index contributed by atoms with van der Waals surface area (Å²) in [5.41, 5.74) is 2.17. The van der Waals surface area contributed by atoms with E-state index in [1.807, 2.05) is 24.3 Å². The summed E-state index contributed by atoms with van der Waals surface area (Å²) >= 11 is 0. The van der Waals surface area contributed by atoms with Crippen molar-refractivity contribution in [3.63, 3.8) is 0 Å². The van der Waals surface area contributed by atoms with Crippen molar-refractivity contribution in [3.8, 4) is 0 Å². The smallest absolute Gasteiger partial charge is 0.120 e. The van der Waals surface area contributed by atoms with Gasteiger partial charge in [-0.1, -0.05) is 37.5 Å². The monoisotopic (exact) mass is 408 g/mol. The average Bonchev–Trinajstić information content (AvgIpc) is 3.13. The summed E-state index contributed by atoms with van der Waals surface area (Å²) in [6.45, 7) is 32.6. The van der Waals surface area contributed by atoms with Crippen LogP contribution in [0.4, 0.5) is 0 Å². The topological polar surface area (TPSA) is 19.4 Å². The van der Waals surface area contributed by atoms with Crippen molar-refractivity contribution in [1.82, 2.24) is 29.4 Å². The van der Waals surface area contributed by atoms with Crippen LogP contribution in [0.25, 0.3) is 0 Å². The maximum atomic E-state index is 4.40. The second-order valence-electron chi connectivity index (χ2n) is 8.71. The Bertz CT molecular complexity index is 720. The molecule has 6 heteroatoms. The quantitative estimate of drug-likeness (QED) is 0.514. The van der Waals surface area contributed by atoms with Crippen LogP contribution in [0.5, 0.6) is 0 Å². The zero-order valence-corrected chi connectivity index (χ0v) is 18.5. The molecule has 0 aromatic rings. The van der Waals surface area contributed by atoms with Crippen LogP contribution in [0.15, 0.2) is 75.2 Å². The van der Waals surface area contributed by atoms with Crippen LogP contribution in [0, 0.1) is 0 Å². The first-order chi connectivity index (χ1) is 14.4. The first-order valence-electron chi connectivity index (χ1n) is 10.8. The molecular weight excluding hydrogens is 372 g/mol. The minimum Gasteiger partial charge on any atom is -0.338 e. The van der Waals surface area contributed by atoms with Gasteiger partial charge in [0.25, 0.3) is 0 Å². The number of piperazine rings is 1. The third kappa shape index (κ3) is 2.64. The van der Waals surface area contributed by atoms with Crippen LogP contribution in [0.1, 0.15) is 13.8 Å². The highest BCUT2D eigenvalue weighted by Gasteiger charge is 2.71. The van der Waals surface area contributed by atoms with Gasteiger partial charge >= 0.3 is 0 Å². The van der Waals surface area contributed by atoms with Crippen molar-refractivity contribution in [3.05, 3.63) is 75.2 Å². The van der Waals surface area contributed by atoms with E-state index in [1.54, 1.807) is 0 Å². The normalized spacial score (nSPS) is 35.7. The molecule has 5 aliphatic rings. The number of hydrogen-bond donors (Lipinski definition) is 0. The van der Waals surface area contributed by atoms with Gasteiger partial charge in [0.15, 0.2) is 0 Å². The van der Waals surface area contributed by atoms with Gasteiger partial charge in [0.2, 0.25) is 0 Å². The fourth-order valence-corrected chi connectivity index (χ4v) is 6.27. The van der Waals surface area contributed by atoms with Gasteiger partial charge in [-0.3, -0.25) is 19.6 Å². The van der Waals surface area contributed by atoms with E-state index in [2.05, 4.69) is 82.7 Å². The minimum atomic E-state index is 0.143. The van der Waals surface area contributed by atoms with Crippen molar-refractivity contribution in [2.24, 2.45) is 0 Å². The summed E-state index contributed by atoms with van der Waals surface area (Å²) < 4.78 is 0. The largest absolute Gasteiger partial charge is 0.338 e. The van der Waals surface area contributed by atoms with Crippen molar-refractivity contribution in [2.75, 3.05) is 26.2 Å². The Kier molecular flexibility index (Phi) is 5.53. The van der Waals surface area contributed by atoms with Gasteiger partial charge in [-0.05, 0) is 13.8 Å². The SMILES string of the molecule is C=CCN1C2C3N(CC=C)C4C1N(CC=C)C(C(N2CC=C)N3C(=C)C)N4C(=C)C. The molecule has 5 saturated heterocycles. The van der Waals surface area contributed by atoms with E-state index < -0.39 is 0 Å². The molecule has 6 bridgehead atoms. The molecule has 30 heavy (non-hydrogen) atoms. The van der Waals surface area contributed by atoms with Gasteiger partial charge in [0, 0.05) is 37.6 Å². The molecule has 0 saturated carbocycles. The predicted molar refractivity (Wildman–Crippen MR) is 124 cm³/mol. The fourth-order valence-electron chi connectivity index (χ4n) is 6.27. The Labute approximate surface area is 182 Å². The summed E-state index contributed by atoms with van der Waals surface area (Å²) in [5.74, 6) is 0. The lowest BCUT2D eigenvalue weighted by Crippen LogP contribution is -2.73. The van der Waals surface area contributed by atoms with Gasteiger partial charge in [-0.2, -0.15) is 0 Å². The molecule has 0 aromatic carbocycles. The van der Waals surface area contributed by atoms with Gasteiger partial charge in [-0.25, -0.2) is 0 Å². The zero-order valence-electron chi connectivity index (χ0n) is 18.5. The van der Waals surface area contributed by atoms with Crippen molar-refractivity contribution >= 4 is 0 Å². The van der Waals surface area contributed by atoms with Gasteiger partial charge in [0.1, 0.15) is 37.0 Å². The molecular formula is C24H36N6. The van der Waals surface area contributed by atoms with E-state index in [0.29, 0.717) is 0 Å². The fraction of sp³-hybridized carbons (Fsp3) is 0.500. The van der Waals surface area contributed by atoms with Gasteiger partial charge in [-0.15, -0.1) is 26.3 Å². The van der Waals surface area contributed by atoms with E-state index in [4.69, 9.17) is 0 Å². The van der Waals surface area contributed by atoms with Crippen LogP contribution in [0.2, 0.25) is 0 Å². The number of hydrogen-bond acceptors (Lipinski definition) is 6. The highest BCUT2D eigenvalue weighted by atomic mass is 15.8. The molecule has 0 N–H and O–H groups in total. The van der Waals surface area contributed by atoms with Crippen LogP contribution < -0.4 is 0 Å². The molecule has 0 radical (unpaired) electrons. The molecule has 5 rings (SSSR count). The van der Waals surface area contributed by atoms with Crippen LogP contribution >= 0.6 is 0 Å². The maximum Gasteiger partial charge on any atom is 0.120 e. The summed E-state index contributed by atoms with van der Waals surface area (Å²) in [6.07, 6.45) is 9.17. The molecule has 5 fully saturated rings. The summed E-state index contributed by atoms with van der Waals surface area (Å²) in [7, 11) is 0. The third-order valence-corrected chi connectivity index (χ3v) is 6.90. The molecule has 0 aliphatic carbocycles. The Morgan fingerprint density at radius 3 is 1.03 bits per heavy atom. The molecule has 162 valence electrons. The standard InChI is InChI=1S/C24H36N6/c1-9-13-25-19-21-28(16-12-4)22-20(25)27(15-11-3)24(30(22)18(7)8)23(26(19)14-10-2)29(21)17(5)6/h9-12,19-24H,1-5,7,13-16H2,6,8H3. The highest BCUT2D eigenvalue weighted by molar-refractivity contribution is 5.24. The third-order valence-electron chi connectivity index (χ3n) is 6.90. The van der Waals surface area contributed by atoms with Gasteiger partial charge < -0.3 is 9.80 Å². The molecule has 5 heterocycles. The molecule has 0 spiro atoms. The molecule has 6 atom stereocenters. The Morgan fingerprint density at radius 1 is 0.533 bits per heavy atom. The van der Waals surface area contributed by atoms with E-state index in [0.717, 1.165) is 37.6 Å². The lowest BCUT2D eigenvalue weighted by Gasteiger charge is -2.55. The Balaban J connectivity index is 2.00. The summed E-state index contributed by atoms with van der Waals surface area (Å²) in [4.78, 5) is 15.4. The van der Waals surface area contributed by atoms with Crippen molar-refractivity contribution in [2.45, 2.75) is 50.8 Å². The predicted octanol–water partition coefficient (Wildman–Crippen LogP) is 2.62. The van der Waals surface area contributed by atoms with Crippen molar-refractivity contribution < 1.29 is 0 Å². The molecule has 0 aromatic heterocycles. The number of rotatable bonds is 10. The van der Waals surface area contributed by atoms with E-state index in [9.17, 15) is 0 Å². The number of allylic oxidation sites excluding steroid dienone is 2. The summed E-state index contributed by atoms with van der Waals surface area (Å²) in [6, 6.07) is 0. The Morgan fingerprint density at radius 2 is 0.767 bits per heavy atom. The van der Waals surface area contributed by atoms with Crippen LogP contribution in [0.3, 0.4) is 0 Å². The molecule has 6 nitrogen and oxygen atoms in total. The zero-order chi connectivity index (χ0) is 21.7. The van der Waals surface area contributed by atoms with Crippen LogP contribution in [-0.2, 0) is 0 Å². The number of nitrogens with zero attached hydrogens (tertiary/aromatic N) is 6. The lowest BCUT2D eigenvalue weighted by molar-refractivity contribution is -0.137. The Hall–Kier alpha value is -2.12. The van der Waals surface area contributed by atoms with Crippen molar-refractivity contribution in [1.29, 1.82) is 0 Å². The van der Waals surface area contributed by atoms with Crippen LogP contribution in [-0.4, -0.2) is 92.6 Å². The lowest BCUT2D eigenvalue weighted by atomic mass is 10.1. The first kappa shape index (κ1) is 21.1. The van der Waals surface area contributed by atoms with E-state index in [-0.39, 0.29) is 37.0 Å². The second-order valence-corrected chi connectivity index (χ2v) is 8.71. The second kappa shape index (κ2) is 7.85. The summed E-state index contributed by atoms with van der Waals surface area (Å²) in [5, 5.41) is 0. The molecule has 0 amide bonds. The highest BCUT2D eigenvalue weighted by Crippen LogP contribution is 2.52. The molecule has 5 aliphatic heterocycles. The minimum absolute atomic E-state index is 0.143. The average molecular weight is 409 g/mol. The molecule has 6 unspecified atom stereocenters. The van der Waals surface area contributed by atoms with E-state index in [1.165, 1.54) is 0 Å². The maximum absolute atomic E-state index is 4.40.